The van der Waals surface area contributed by atoms with Gasteiger partial charge in [-0.1, -0.05) is 50.0 Å². The van der Waals surface area contributed by atoms with E-state index >= 15 is 0 Å². The molecule has 1 atom stereocenters. The number of hydrogen-bond donors (Lipinski definition) is 1. The molecule has 1 heterocycles. The van der Waals surface area contributed by atoms with E-state index in [4.69, 9.17) is 28.9 Å². The maximum atomic E-state index is 12.7. The van der Waals surface area contributed by atoms with Crippen LogP contribution in [0.2, 0.25) is 10.0 Å². The highest BCUT2D eigenvalue weighted by Crippen LogP contribution is 2.28. The quantitative estimate of drug-likeness (QED) is 0.714. The van der Waals surface area contributed by atoms with Crippen molar-refractivity contribution in [1.29, 1.82) is 0 Å². The summed E-state index contributed by atoms with van der Waals surface area (Å²) in [6, 6.07) is 5.26. The Balaban J connectivity index is 0.00000364. The molecule has 0 fully saturated rings. The van der Waals surface area contributed by atoms with Crippen molar-refractivity contribution >= 4 is 41.5 Å². The Kier molecular flexibility index (Phi) is 9.02. The Hall–Kier alpha value is -1.34. The first-order chi connectivity index (χ1) is 12.3. The minimum Gasteiger partial charge on any atom is -0.339 e. The SMILES string of the molecule is CCc1nc(C(=O)N(C)CCC(N)C(C)C)nn1-c1c(Cl)cccc1Cl.Cl. The highest BCUT2D eigenvalue weighted by Gasteiger charge is 2.22. The lowest BCUT2D eigenvalue weighted by Gasteiger charge is -2.20. The summed E-state index contributed by atoms with van der Waals surface area (Å²) in [4.78, 5) is 18.7. The largest absolute Gasteiger partial charge is 0.339 e. The number of rotatable bonds is 7. The normalized spacial score (nSPS) is 12.0. The number of benzene rings is 1. The maximum absolute atomic E-state index is 12.7. The predicted octanol–water partition coefficient (Wildman–Crippen LogP) is 4.00. The highest BCUT2D eigenvalue weighted by molar-refractivity contribution is 6.37. The van der Waals surface area contributed by atoms with E-state index in [2.05, 4.69) is 23.9 Å². The highest BCUT2D eigenvalue weighted by atomic mass is 35.5. The molecule has 0 saturated carbocycles. The Bertz CT molecular complexity index is 758. The van der Waals surface area contributed by atoms with Crippen LogP contribution in [-0.4, -0.2) is 45.2 Å². The van der Waals surface area contributed by atoms with Crippen LogP contribution in [0.4, 0.5) is 0 Å². The zero-order chi connectivity index (χ0) is 19.4. The molecule has 2 aromatic rings. The third-order valence-electron chi connectivity index (χ3n) is 4.33. The van der Waals surface area contributed by atoms with Gasteiger partial charge in [0, 0.05) is 26.1 Å². The molecule has 0 radical (unpaired) electrons. The van der Waals surface area contributed by atoms with Crippen LogP contribution in [0.25, 0.3) is 5.69 Å². The molecule has 1 amide bonds. The molecule has 0 saturated heterocycles. The van der Waals surface area contributed by atoms with Gasteiger partial charge < -0.3 is 10.6 Å². The number of carbonyl (C=O) groups is 1. The van der Waals surface area contributed by atoms with Crippen molar-refractivity contribution < 1.29 is 4.79 Å². The van der Waals surface area contributed by atoms with E-state index in [9.17, 15) is 4.79 Å². The molecule has 2 N–H and O–H groups in total. The topological polar surface area (TPSA) is 77.0 Å². The van der Waals surface area contributed by atoms with Crippen LogP contribution in [0.3, 0.4) is 0 Å². The number of aryl methyl sites for hydroxylation is 1. The molecule has 150 valence electrons. The smallest absolute Gasteiger partial charge is 0.293 e. The third kappa shape index (κ3) is 5.57. The summed E-state index contributed by atoms with van der Waals surface area (Å²) in [5.41, 5.74) is 6.59. The number of hydrogen-bond acceptors (Lipinski definition) is 4. The van der Waals surface area contributed by atoms with E-state index in [-0.39, 0.29) is 30.2 Å². The summed E-state index contributed by atoms with van der Waals surface area (Å²) in [6.45, 7) is 6.61. The van der Waals surface area contributed by atoms with Crippen LogP contribution in [0, 0.1) is 5.92 Å². The average molecular weight is 435 g/mol. The number of aromatic nitrogens is 3. The van der Waals surface area contributed by atoms with E-state index in [0.29, 0.717) is 40.4 Å². The first kappa shape index (κ1) is 23.7. The van der Waals surface area contributed by atoms with Gasteiger partial charge >= 0.3 is 0 Å². The third-order valence-corrected chi connectivity index (χ3v) is 4.94. The molecule has 1 aromatic heterocycles. The Morgan fingerprint density at radius 1 is 1.30 bits per heavy atom. The van der Waals surface area contributed by atoms with E-state index in [0.717, 1.165) is 6.42 Å². The van der Waals surface area contributed by atoms with Gasteiger partial charge in [0.2, 0.25) is 5.82 Å². The van der Waals surface area contributed by atoms with Crippen LogP contribution in [-0.2, 0) is 6.42 Å². The van der Waals surface area contributed by atoms with Crippen LogP contribution in [0.5, 0.6) is 0 Å². The molecule has 9 heteroatoms. The molecule has 1 unspecified atom stereocenters. The van der Waals surface area contributed by atoms with E-state index in [1.807, 2.05) is 6.92 Å². The van der Waals surface area contributed by atoms with Gasteiger partial charge in [0.1, 0.15) is 11.5 Å². The maximum Gasteiger partial charge on any atom is 0.293 e. The van der Waals surface area contributed by atoms with Crippen LogP contribution in [0.1, 0.15) is 43.6 Å². The Morgan fingerprint density at radius 3 is 2.41 bits per heavy atom. The monoisotopic (exact) mass is 433 g/mol. The summed E-state index contributed by atoms with van der Waals surface area (Å²) < 4.78 is 1.55. The molecule has 0 aliphatic carbocycles. The fraction of sp³-hybridized carbons (Fsp3) is 0.500. The van der Waals surface area contributed by atoms with Crippen molar-refractivity contribution in [3.8, 4) is 5.69 Å². The van der Waals surface area contributed by atoms with E-state index in [1.165, 1.54) is 0 Å². The fourth-order valence-corrected chi connectivity index (χ4v) is 3.04. The van der Waals surface area contributed by atoms with E-state index < -0.39 is 0 Å². The predicted molar refractivity (Wildman–Crippen MR) is 112 cm³/mol. The summed E-state index contributed by atoms with van der Waals surface area (Å²) in [5, 5.41) is 5.27. The first-order valence-electron chi connectivity index (χ1n) is 8.67. The minimum atomic E-state index is -0.252. The number of para-hydroxylation sites is 1. The average Bonchev–Trinajstić information content (AvgIpc) is 3.02. The first-order valence-corrected chi connectivity index (χ1v) is 9.43. The van der Waals surface area contributed by atoms with Gasteiger partial charge in [0.15, 0.2) is 0 Å². The Labute approximate surface area is 176 Å². The molecule has 27 heavy (non-hydrogen) atoms. The molecular formula is C18H26Cl3N5O. The van der Waals surface area contributed by atoms with Crippen molar-refractivity contribution in [2.45, 2.75) is 39.7 Å². The van der Waals surface area contributed by atoms with Gasteiger partial charge in [0.05, 0.1) is 10.0 Å². The number of nitrogens with two attached hydrogens (primary N) is 1. The second-order valence-corrected chi connectivity index (χ2v) is 7.42. The van der Waals surface area contributed by atoms with Crippen molar-refractivity contribution in [1.82, 2.24) is 19.7 Å². The van der Waals surface area contributed by atoms with Crippen molar-refractivity contribution in [2.75, 3.05) is 13.6 Å². The molecule has 0 spiro atoms. The molecule has 1 aromatic carbocycles. The molecular weight excluding hydrogens is 409 g/mol. The van der Waals surface area contributed by atoms with Gasteiger partial charge in [-0.15, -0.1) is 17.5 Å². The fourth-order valence-electron chi connectivity index (χ4n) is 2.48. The van der Waals surface area contributed by atoms with Gasteiger partial charge in [-0.25, -0.2) is 9.67 Å². The summed E-state index contributed by atoms with van der Waals surface area (Å²) in [6.07, 6.45) is 1.31. The van der Waals surface area contributed by atoms with Crippen molar-refractivity contribution in [3.05, 3.63) is 39.9 Å². The molecule has 0 aliphatic rings. The summed E-state index contributed by atoms with van der Waals surface area (Å²) >= 11 is 12.6. The number of amides is 1. The second-order valence-electron chi connectivity index (χ2n) is 6.61. The number of nitrogens with zero attached hydrogens (tertiary/aromatic N) is 4. The second kappa shape index (κ2) is 10.3. The zero-order valence-electron chi connectivity index (χ0n) is 15.9. The lowest BCUT2D eigenvalue weighted by atomic mass is 10.0. The van der Waals surface area contributed by atoms with Gasteiger partial charge in [-0.2, -0.15) is 0 Å². The summed E-state index contributed by atoms with van der Waals surface area (Å²) in [5.74, 6) is 0.858. The van der Waals surface area contributed by atoms with Crippen molar-refractivity contribution in [2.24, 2.45) is 11.7 Å². The number of halogens is 3. The van der Waals surface area contributed by atoms with Crippen LogP contribution < -0.4 is 5.73 Å². The lowest BCUT2D eigenvalue weighted by molar-refractivity contribution is 0.0777. The summed E-state index contributed by atoms with van der Waals surface area (Å²) in [7, 11) is 1.73. The van der Waals surface area contributed by atoms with Gasteiger partial charge in [-0.05, 0) is 24.5 Å². The molecule has 2 rings (SSSR count). The minimum absolute atomic E-state index is 0. The molecule has 6 nitrogen and oxygen atoms in total. The van der Waals surface area contributed by atoms with E-state index in [1.54, 1.807) is 34.8 Å². The van der Waals surface area contributed by atoms with Crippen molar-refractivity contribution in [3.63, 3.8) is 0 Å². The standard InChI is InChI=1S/C18H25Cl2N5O.ClH/c1-5-15-22-17(18(26)24(4)10-9-14(21)11(2)3)23-25(15)16-12(19)7-6-8-13(16)20;/h6-8,11,14H,5,9-10,21H2,1-4H3;1H. The Morgan fingerprint density at radius 2 is 1.89 bits per heavy atom. The van der Waals surface area contributed by atoms with Gasteiger partial charge in [0.25, 0.3) is 5.91 Å². The van der Waals surface area contributed by atoms with Crippen LogP contribution in [0.15, 0.2) is 18.2 Å². The molecule has 0 bridgehead atoms. The zero-order valence-corrected chi connectivity index (χ0v) is 18.3. The molecule has 0 aliphatic heterocycles. The van der Waals surface area contributed by atoms with Gasteiger partial charge in [-0.3, -0.25) is 4.79 Å². The number of carbonyl (C=O) groups excluding carboxylic acids is 1. The lowest BCUT2D eigenvalue weighted by Crippen LogP contribution is -2.35. The van der Waals surface area contributed by atoms with Crippen LogP contribution >= 0.6 is 35.6 Å².